The van der Waals surface area contributed by atoms with Crippen LogP contribution in [0.3, 0.4) is 0 Å². The second-order valence-corrected chi connectivity index (χ2v) is 6.94. The third kappa shape index (κ3) is 5.76. The van der Waals surface area contributed by atoms with E-state index in [1.54, 1.807) is 30.0 Å². The maximum absolute atomic E-state index is 12.6. The van der Waals surface area contributed by atoms with E-state index < -0.39 is 6.10 Å². The maximum atomic E-state index is 12.6. The predicted molar refractivity (Wildman–Crippen MR) is 97.9 cm³/mol. The Morgan fingerprint density at radius 3 is 2.68 bits per heavy atom. The highest BCUT2D eigenvalue weighted by Gasteiger charge is 2.31. The molecular weight excluding hydrogens is 365 g/mol. The number of ether oxygens (including phenoxy) is 1. The van der Waals surface area contributed by atoms with Gasteiger partial charge >= 0.3 is 0 Å². The Bertz CT molecular complexity index is 607. The van der Waals surface area contributed by atoms with E-state index in [9.17, 15) is 9.59 Å². The highest BCUT2D eigenvalue weighted by atomic mass is 35.5. The number of hydrogen-bond donors (Lipinski definition) is 2. The molecule has 0 radical (unpaired) electrons. The third-order valence-corrected chi connectivity index (χ3v) is 4.48. The molecule has 6 nitrogen and oxygen atoms in total. The summed E-state index contributed by atoms with van der Waals surface area (Å²) >= 11 is 11.9. The Kier molecular flexibility index (Phi) is 7.35. The number of piperidine rings is 1. The van der Waals surface area contributed by atoms with Gasteiger partial charge in [-0.3, -0.25) is 9.59 Å². The summed E-state index contributed by atoms with van der Waals surface area (Å²) in [6, 6.07) is 4.81. The van der Waals surface area contributed by atoms with E-state index in [-0.39, 0.29) is 17.7 Å². The van der Waals surface area contributed by atoms with Gasteiger partial charge in [0.15, 0.2) is 6.10 Å². The zero-order valence-corrected chi connectivity index (χ0v) is 15.6. The van der Waals surface area contributed by atoms with Crippen molar-refractivity contribution in [2.75, 3.05) is 26.2 Å². The first-order valence-electron chi connectivity index (χ1n) is 8.30. The second kappa shape index (κ2) is 9.27. The average Bonchev–Trinajstić information content (AvgIpc) is 2.58. The van der Waals surface area contributed by atoms with Crippen LogP contribution in [-0.4, -0.2) is 49.0 Å². The first-order valence-corrected chi connectivity index (χ1v) is 9.05. The van der Waals surface area contributed by atoms with E-state index >= 15 is 0 Å². The molecule has 138 valence electrons. The number of rotatable bonds is 6. The van der Waals surface area contributed by atoms with Crippen LogP contribution in [0.4, 0.5) is 0 Å². The lowest BCUT2D eigenvalue weighted by Gasteiger charge is -2.33. The number of carbonyl (C=O) groups excluding carboxylic acids is 2. The number of amides is 2. The highest BCUT2D eigenvalue weighted by Crippen LogP contribution is 2.25. The summed E-state index contributed by atoms with van der Waals surface area (Å²) in [7, 11) is 0. The molecule has 0 saturated carbocycles. The van der Waals surface area contributed by atoms with Gasteiger partial charge in [0.2, 0.25) is 5.91 Å². The minimum Gasteiger partial charge on any atom is -0.481 e. The number of likely N-dealkylation sites (tertiary alicyclic amines) is 1. The van der Waals surface area contributed by atoms with Crippen molar-refractivity contribution < 1.29 is 14.3 Å². The van der Waals surface area contributed by atoms with Crippen molar-refractivity contribution >= 4 is 35.0 Å². The van der Waals surface area contributed by atoms with Gasteiger partial charge in [-0.1, -0.05) is 23.2 Å². The van der Waals surface area contributed by atoms with Gasteiger partial charge in [-0.15, -0.1) is 0 Å². The Morgan fingerprint density at radius 1 is 1.36 bits per heavy atom. The van der Waals surface area contributed by atoms with Crippen LogP contribution < -0.4 is 15.8 Å². The van der Waals surface area contributed by atoms with Gasteiger partial charge in [0.25, 0.3) is 5.91 Å². The van der Waals surface area contributed by atoms with E-state index in [1.807, 2.05) is 0 Å². The third-order valence-electron chi connectivity index (χ3n) is 4.04. The first kappa shape index (κ1) is 19.8. The molecule has 2 amide bonds. The van der Waals surface area contributed by atoms with Gasteiger partial charge in [0.1, 0.15) is 5.75 Å². The zero-order chi connectivity index (χ0) is 18.4. The molecule has 2 rings (SSSR count). The van der Waals surface area contributed by atoms with Crippen molar-refractivity contribution in [3.8, 4) is 5.75 Å². The van der Waals surface area contributed by atoms with E-state index in [0.717, 1.165) is 12.8 Å². The van der Waals surface area contributed by atoms with Crippen molar-refractivity contribution in [2.45, 2.75) is 25.9 Å². The van der Waals surface area contributed by atoms with Crippen molar-refractivity contribution in [1.29, 1.82) is 0 Å². The molecule has 1 saturated heterocycles. The van der Waals surface area contributed by atoms with Gasteiger partial charge in [0.05, 0.1) is 5.92 Å². The largest absolute Gasteiger partial charge is 0.481 e. The Morgan fingerprint density at radius 2 is 2.04 bits per heavy atom. The van der Waals surface area contributed by atoms with Crippen LogP contribution in [0.1, 0.15) is 19.8 Å². The highest BCUT2D eigenvalue weighted by molar-refractivity contribution is 6.34. The molecule has 1 aliphatic rings. The molecule has 3 N–H and O–H groups in total. The first-order chi connectivity index (χ1) is 11.9. The average molecular weight is 388 g/mol. The lowest BCUT2D eigenvalue weighted by atomic mass is 9.96. The van der Waals surface area contributed by atoms with Gasteiger partial charge in [-0.2, -0.15) is 0 Å². The normalized spacial score (nSPS) is 18.6. The van der Waals surface area contributed by atoms with Crippen molar-refractivity contribution in [3.05, 3.63) is 28.2 Å². The number of nitrogens with one attached hydrogen (secondary N) is 1. The molecule has 8 heteroatoms. The lowest BCUT2D eigenvalue weighted by Crippen LogP contribution is -2.49. The summed E-state index contributed by atoms with van der Waals surface area (Å²) in [5, 5.41) is 3.66. The fourth-order valence-corrected chi connectivity index (χ4v) is 3.35. The summed E-state index contributed by atoms with van der Waals surface area (Å²) in [6.45, 7) is 3.52. The number of halogens is 2. The topological polar surface area (TPSA) is 84.7 Å². The van der Waals surface area contributed by atoms with E-state index in [0.29, 0.717) is 42.0 Å². The molecule has 1 aromatic rings. The van der Waals surface area contributed by atoms with Crippen molar-refractivity contribution in [3.63, 3.8) is 0 Å². The van der Waals surface area contributed by atoms with Crippen LogP contribution in [0.15, 0.2) is 18.2 Å². The SMILES string of the molecule is CC(Oc1cc(Cl)cc(Cl)c1)C(=O)N1CCCC(C(=O)NCCN)C1. The molecule has 0 spiro atoms. The second-order valence-electron chi connectivity index (χ2n) is 6.07. The number of hydrogen-bond acceptors (Lipinski definition) is 4. The zero-order valence-electron chi connectivity index (χ0n) is 14.1. The monoisotopic (exact) mass is 387 g/mol. The summed E-state index contributed by atoms with van der Waals surface area (Å²) < 4.78 is 5.67. The maximum Gasteiger partial charge on any atom is 0.263 e. The summed E-state index contributed by atoms with van der Waals surface area (Å²) in [5.41, 5.74) is 5.40. The molecule has 0 aromatic heterocycles. The van der Waals surface area contributed by atoms with Gasteiger partial charge in [-0.05, 0) is 38.0 Å². The van der Waals surface area contributed by atoms with E-state index in [1.165, 1.54) is 0 Å². The molecule has 2 unspecified atom stereocenters. The molecule has 1 aromatic carbocycles. The molecule has 1 aliphatic heterocycles. The summed E-state index contributed by atoms with van der Waals surface area (Å²) in [6.07, 6.45) is 0.849. The minimum absolute atomic E-state index is 0.0573. The lowest BCUT2D eigenvalue weighted by molar-refractivity contribution is -0.141. The number of benzene rings is 1. The molecule has 25 heavy (non-hydrogen) atoms. The Labute approximate surface area is 157 Å². The molecule has 2 atom stereocenters. The van der Waals surface area contributed by atoms with Gasteiger partial charge in [-0.25, -0.2) is 0 Å². The van der Waals surface area contributed by atoms with Crippen molar-refractivity contribution in [1.82, 2.24) is 10.2 Å². The smallest absolute Gasteiger partial charge is 0.263 e. The van der Waals surface area contributed by atoms with Crippen LogP contribution in [0, 0.1) is 5.92 Å². The molecule has 0 aliphatic carbocycles. The Hall–Kier alpha value is -1.50. The fraction of sp³-hybridized carbons (Fsp3) is 0.529. The molecule has 1 fully saturated rings. The van der Waals surface area contributed by atoms with Gasteiger partial charge in [0, 0.05) is 36.2 Å². The van der Waals surface area contributed by atoms with Crippen LogP contribution >= 0.6 is 23.2 Å². The number of nitrogens with two attached hydrogens (primary N) is 1. The van der Waals surface area contributed by atoms with Crippen molar-refractivity contribution in [2.24, 2.45) is 11.7 Å². The molecular formula is C17H23Cl2N3O3. The summed E-state index contributed by atoms with van der Waals surface area (Å²) in [5.74, 6) is 0.00947. The molecule has 1 heterocycles. The number of nitrogens with zero attached hydrogens (tertiary/aromatic N) is 1. The summed E-state index contributed by atoms with van der Waals surface area (Å²) in [4.78, 5) is 26.4. The van der Waals surface area contributed by atoms with Crippen LogP contribution in [0.5, 0.6) is 5.75 Å². The fourth-order valence-electron chi connectivity index (χ4n) is 2.84. The Balaban J connectivity index is 1.95. The van der Waals surface area contributed by atoms with E-state index in [4.69, 9.17) is 33.7 Å². The minimum atomic E-state index is -0.694. The van der Waals surface area contributed by atoms with Gasteiger partial charge < -0.3 is 20.7 Å². The standard InChI is InChI=1S/C17H23Cl2N3O3/c1-11(25-15-8-13(18)7-14(19)9-15)17(24)22-6-2-3-12(10-22)16(23)21-5-4-20/h7-9,11-12H,2-6,10,20H2,1H3,(H,21,23). The number of carbonyl (C=O) groups is 2. The van der Waals surface area contributed by atoms with Crippen LogP contribution in [0.25, 0.3) is 0 Å². The van der Waals surface area contributed by atoms with Crippen LogP contribution in [-0.2, 0) is 9.59 Å². The van der Waals surface area contributed by atoms with E-state index in [2.05, 4.69) is 5.32 Å². The van der Waals surface area contributed by atoms with Crippen LogP contribution in [0.2, 0.25) is 10.0 Å². The predicted octanol–water partition coefficient (Wildman–Crippen LogP) is 2.07. The quantitative estimate of drug-likeness (QED) is 0.782. The molecule has 0 bridgehead atoms.